The molecule has 0 fully saturated rings. The Hall–Kier alpha value is -1.94. The molecule has 0 unspecified atom stereocenters. The quantitative estimate of drug-likeness (QED) is 0.847. The summed E-state index contributed by atoms with van der Waals surface area (Å²) < 4.78 is 5.19. The van der Waals surface area contributed by atoms with Crippen LogP contribution in [-0.2, 0) is 0 Å². The van der Waals surface area contributed by atoms with Gasteiger partial charge in [0.05, 0.1) is 29.1 Å². The Morgan fingerprint density at radius 1 is 1.18 bits per heavy atom. The van der Waals surface area contributed by atoms with Crippen molar-refractivity contribution in [3.05, 3.63) is 46.8 Å². The number of nitrogens with one attached hydrogen (secondary N) is 2. The van der Waals surface area contributed by atoms with E-state index in [1.165, 1.54) is 4.88 Å². The van der Waals surface area contributed by atoms with Gasteiger partial charge in [-0.15, -0.1) is 11.3 Å². The third-order valence-corrected chi connectivity index (χ3v) is 3.56. The lowest BCUT2D eigenvalue weighted by atomic mass is 10.2. The van der Waals surface area contributed by atoms with Gasteiger partial charge in [0.25, 0.3) is 0 Å². The van der Waals surface area contributed by atoms with Crippen LogP contribution in [0.25, 0.3) is 5.70 Å². The predicted octanol–water partition coefficient (Wildman–Crippen LogP) is 3.59. The normalized spacial score (nSPS) is 13.1. The van der Waals surface area contributed by atoms with Gasteiger partial charge in [0.15, 0.2) is 0 Å². The highest BCUT2D eigenvalue weighted by Gasteiger charge is 2.12. The summed E-state index contributed by atoms with van der Waals surface area (Å²) in [5, 5.41) is 8.75. The molecular formula is C13H12N2OS. The summed E-state index contributed by atoms with van der Waals surface area (Å²) in [7, 11) is 1.67. The second-order valence-electron chi connectivity index (χ2n) is 3.72. The summed E-state index contributed by atoms with van der Waals surface area (Å²) in [6, 6.07) is 10.1. The number of hydrogen-bond acceptors (Lipinski definition) is 4. The van der Waals surface area contributed by atoms with Crippen molar-refractivity contribution in [2.24, 2.45) is 0 Å². The van der Waals surface area contributed by atoms with Crippen molar-refractivity contribution in [1.29, 1.82) is 0 Å². The fraction of sp³-hybridized carbons (Fsp3) is 0.0769. The molecular weight excluding hydrogens is 232 g/mol. The largest absolute Gasteiger partial charge is 0.497 e. The number of rotatable bonds is 2. The average Bonchev–Trinajstić information content (AvgIpc) is 2.91. The van der Waals surface area contributed by atoms with Crippen LogP contribution in [0.2, 0.25) is 0 Å². The van der Waals surface area contributed by atoms with Crippen molar-refractivity contribution in [1.82, 2.24) is 0 Å². The number of thiophene rings is 1. The molecule has 1 aromatic carbocycles. The maximum absolute atomic E-state index is 5.19. The van der Waals surface area contributed by atoms with E-state index in [4.69, 9.17) is 4.74 Å². The second kappa shape index (κ2) is 4.14. The Kier molecular flexibility index (Phi) is 2.49. The van der Waals surface area contributed by atoms with E-state index < -0.39 is 0 Å². The number of anilines is 2. The Bertz CT molecular complexity index is 561. The van der Waals surface area contributed by atoms with Crippen LogP contribution in [0.15, 0.2) is 41.9 Å². The van der Waals surface area contributed by atoms with Gasteiger partial charge in [0.1, 0.15) is 5.75 Å². The molecule has 1 aliphatic heterocycles. The third kappa shape index (κ3) is 1.87. The highest BCUT2D eigenvalue weighted by molar-refractivity contribution is 7.11. The molecule has 0 spiro atoms. The van der Waals surface area contributed by atoms with E-state index in [1.54, 1.807) is 18.4 Å². The molecule has 0 saturated heterocycles. The Labute approximate surface area is 104 Å². The van der Waals surface area contributed by atoms with Crippen molar-refractivity contribution in [3.8, 4) is 5.75 Å². The molecule has 17 heavy (non-hydrogen) atoms. The first-order chi connectivity index (χ1) is 8.36. The first-order valence-corrected chi connectivity index (χ1v) is 6.20. The Morgan fingerprint density at radius 2 is 2.12 bits per heavy atom. The molecule has 0 aliphatic carbocycles. The average molecular weight is 244 g/mol. The van der Waals surface area contributed by atoms with Crippen molar-refractivity contribution < 1.29 is 4.74 Å². The SMILES string of the molecule is COc1ccc2c(c1)NC=C(c1cccs1)N2. The molecule has 2 heterocycles. The number of fused-ring (bicyclic) bond motifs is 1. The summed E-state index contributed by atoms with van der Waals surface area (Å²) in [6.07, 6.45) is 1.98. The van der Waals surface area contributed by atoms with E-state index in [1.807, 2.05) is 30.5 Å². The molecule has 1 aromatic heterocycles. The molecule has 3 nitrogen and oxygen atoms in total. The summed E-state index contributed by atoms with van der Waals surface area (Å²) in [4.78, 5) is 1.22. The second-order valence-corrected chi connectivity index (χ2v) is 4.66. The highest BCUT2D eigenvalue weighted by Crippen LogP contribution is 2.34. The minimum atomic E-state index is 0.853. The van der Waals surface area contributed by atoms with Crippen molar-refractivity contribution in [2.75, 3.05) is 17.7 Å². The fourth-order valence-corrected chi connectivity index (χ4v) is 2.47. The van der Waals surface area contributed by atoms with Gasteiger partial charge in [0, 0.05) is 12.3 Å². The smallest absolute Gasteiger partial charge is 0.121 e. The standard InChI is InChI=1S/C13H12N2OS/c1-16-9-4-5-10-11(7-9)14-8-12(15-10)13-3-2-6-17-13/h2-8,14-15H,1H3. The zero-order valence-electron chi connectivity index (χ0n) is 9.36. The first-order valence-electron chi connectivity index (χ1n) is 5.32. The van der Waals surface area contributed by atoms with E-state index in [-0.39, 0.29) is 0 Å². The zero-order valence-corrected chi connectivity index (χ0v) is 10.2. The Morgan fingerprint density at radius 3 is 2.88 bits per heavy atom. The number of ether oxygens (including phenoxy) is 1. The zero-order chi connectivity index (χ0) is 11.7. The van der Waals surface area contributed by atoms with Gasteiger partial charge in [-0.05, 0) is 23.6 Å². The van der Waals surface area contributed by atoms with Gasteiger partial charge in [-0.25, -0.2) is 0 Å². The van der Waals surface area contributed by atoms with Gasteiger partial charge >= 0.3 is 0 Å². The van der Waals surface area contributed by atoms with Gasteiger partial charge in [-0.2, -0.15) is 0 Å². The molecule has 2 aromatic rings. The van der Waals surface area contributed by atoms with Gasteiger partial charge in [0.2, 0.25) is 0 Å². The molecule has 86 valence electrons. The molecule has 0 amide bonds. The molecule has 4 heteroatoms. The summed E-state index contributed by atoms with van der Waals surface area (Å²) >= 11 is 1.72. The Balaban J connectivity index is 1.92. The lowest BCUT2D eigenvalue weighted by Crippen LogP contribution is -2.08. The maximum Gasteiger partial charge on any atom is 0.121 e. The van der Waals surface area contributed by atoms with Crippen molar-refractivity contribution >= 4 is 28.4 Å². The molecule has 3 rings (SSSR count). The maximum atomic E-state index is 5.19. The monoisotopic (exact) mass is 244 g/mol. The minimum Gasteiger partial charge on any atom is -0.497 e. The molecule has 0 saturated carbocycles. The fourth-order valence-electron chi connectivity index (χ4n) is 1.77. The van der Waals surface area contributed by atoms with Crippen LogP contribution in [0.3, 0.4) is 0 Å². The van der Waals surface area contributed by atoms with Crippen molar-refractivity contribution in [2.45, 2.75) is 0 Å². The van der Waals surface area contributed by atoms with Crippen LogP contribution in [0, 0.1) is 0 Å². The lowest BCUT2D eigenvalue weighted by Gasteiger charge is -2.20. The van der Waals surface area contributed by atoms with Crippen LogP contribution in [-0.4, -0.2) is 7.11 Å². The van der Waals surface area contributed by atoms with Crippen LogP contribution in [0.4, 0.5) is 11.4 Å². The summed E-state index contributed by atoms with van der Waals surface area (Å²) in [5.41, 5.74) is 3.19. The predicted molar refractivity (Wildman–Crippen MR) is 72.5 cm³/mol. The molecule has 2 N–H and O–H groups in total. The van der Waals surface area contributed by atoms with E-state index >= 15 is 0 Å². The van der Waals surface area contributed by atoms with Crippen molar-refractivity contribution in [3.63, 3.8) is 0 Å². The van der Waals surface area contributed by atoms with E-state index in [0.29, 0.717) is 0 Å². The third-order valence-electron chi connectivity index (χ3n) is 2.65. The number of benzene rings is 1. The van der Waals surface area contributed by atoms with E-state index in [2.05, 4.69) is 22.1 Å². The minimum absolute atomic E-state index is 0.853. The highest BCUT2D eigenvalue weighted by atomic mass is 32.1. The van der Waals surface area contributed by atoms with Crippen LogP contribution in [0.1, 0.15) is 4.88 Å². The number of hydrogen-bond donors (Lipinski definition) is 2. The van der Waals surface area contributed by atoms with Crippen LogP contribution >= 0.6 is 11.3 Å². The van der Waals surface area contributed by atoms with Gasteiger partial charge < -0.3 is 15.4 Å². The lowest BCUT2D eigenvalue weighted by molar-refractivity contribution is 0.415. The van der Waals surface area contributed by atoms with Crippen LogP contribution in [0.5, 0.6) is 5.75 Å². The molecule has 0 bridgehead atoms. The topological polar surface area (TPSA) is 33.3 Å². The molecule has 1 aliphatic rings. The van der Waals surface area contributed by atoms with E-state index in [9.17, 15) is 0 Å². The molecule has 0 radical (unpaired) electrons. The summed E-state index contributed by atoms with van der Waals surface area (Å²) in [6.45, 7) is 0. The summed E-state index contributed by atoms with van der Waals surface area (Å²) in [5.74, 6) is 0.853. The van der Waals surface area contributed by atoms with Crippen LogP contribution < -0.4 is 15.4 Å². The first kappa shape index (κ1) is 10.2. The van der Waals surface area contributed by atoms with Gasteiger partial charge in [-0.3, -0.25) is 0 Å². The van der Waals surface area contributed by atoms with Gasteiger partial charge in [-0.1, -0.05) is 6.07 Å². The molecule has 0 atom stereocenters. The number of methoxy groups -OCH3 is 1. The van der Waals surface area contributed by atoms with E-state index in [0.717, 1.165) is 22.8 Å².